The van der Waals surface area contributed by atoms with Crippen molar-refractivity contribution < 1.29 is 34.2 Å². The van der Waals surface area contributed by atoms with Gasteiger partial charge in [-0.1, -0.05) is 13.8 Å². The van der Waals surface area contributed by atoms with Gasteiger partial charge in [0.05, 0.1) is 12.5 Å². The third-order valence-corrected chi connectivity index (χ3v) is 5.03. The van der Waals surface area contributed by atoms with Crippen LogP contribution in [0.3, 0.4) is 0 Å². The Morgan fingerprint density at radius 3 is 1.93 bits per heavy atom. The Bertz CT molecular complexity index is 633. The first-order chi connectivity index (χ1) is 13.9. The second kappa shape index (κ2) is 14.1. The Hall–Kier alpha value is -1.99. The number of nitrogens with one attached hydrogen (secondary N) is 3. The third-order valence-electron chi connectivity index (χ3n) is 4.02. The molecule has 30 heavy (non-hydrogen) atoms. The van der Waals surface area contributed by atoms with Crippen molar-refractivity contribution in [3.63, 3.8) is 0 Å². The zero-order valence-electron chi connectivity index (χ0n) is 17.1. The first-order valence-electron chi connectivity index (χ1n) is 9.15. The van der Waals surface area contributed by atoms with Crippen LogP contribution in [-0.4, -0.2) is 81.8 Å². The fourth-order valence-corrected chi connectivity index (χ4v) is 3.03. The van der Waals surface area contributed by atoms with Gasteiger partial charge in [0, 0.05) is 5.75 Å². The van der Waals surface area contributed by atoms with Crippen LogP contribution in [0.5, 0.6) is 0 Å². The summed E-state index contributed by atoms with van der Waals surface area (Å²) < 4.78 is 0. The Balaban J connectivity index is 5.21. The standard InChI is InChI=1S/C17H30N4O7S2/c1-8(2)13(17(27)28)21-15(25)10(4-5-30-3)19-16(26)11(7-29)20-14(24)9(18)6-12(22)23/h8-11,13,29H,4-7,18H2,1-3H3,(H,19,26)(H,20,24)(H,21,25)(H,22,23)(H,27,28). The van der Waals surface area contributed by atoms with E-state index in [0.29, 0.717) is 5.75 Å². The van der Waals surface area contributed by atoms with E-state index in [-0.39, 0.29) is 18.1 Å². The Morgan fingerprint density at radius 1 is 0.967 bits per heavy atom. The number of carbonyl (C=O) groups excluding carboxylic acids is 3. The van der Waals surface area contributed by atoms with Gasteiger partial charge in [0.25, 0.3) is 0 Å². The lowest BCUT2D eigenvalue weighted by molar-refractivity contribution is -0.143. The molecule has 172 valence electrons. The molecule has 0 bridgehead atoms. The van der Waals surface area contributed by atoms with Gasteiger partial charge in [-0.3, -0.25) is 19.2 Å². The highest BCUT2D eigenvalue weighted by Gasteiger charge is 2.30. The van der Waals surface area contributed by atoms with Crippen molar-refractivity contribution in [2.75, 3.05) is 17.8 Å². The van der Waals surface area contributed by atoms with Gasteiger partial charge >= 0.3 is 11.9 Å². The summed E-state index contributed by atoms with van der Waals surface area (Å²) in [5, 5.41) is 25.2. The number of thiol groups is 1. The van der Waals surface area contributed by atoms with Crippen molar-refractivity contribution in [1.29, 1.82) is 0 Å². The molecular weight excluding hydrogens is 436 g/mol. The maximum atomic E-state index is 12.6. The summed E-state index contributed by atoms with van der Waals surface area (Å²) in [6, 6.07) is -4.67. The lowest BCUT2D eigenvalue weighted by Crippen LogP contribution is -2.58. The topological polar surface area (TPSA) is 188 Å². The van der Waals surface area contributed by atoms with Crippen LogP contribution in [-0.2, 0) is 24.0 Å². The molecule has 0 saturated heterocycles. The lowest BCUT2D eigenvalue weighted by Gasteiger charge is -2.25. The van der Waals surface area contributed by atoms with Gasteiger partial charge in [0.15, 0.2) is 0 Å². The molecule has 4 unspecified atom stereocenters. The van der Waals surface area contributed by atoms with Gasteiger partial charge < -0.3 is 31.9 Å². The van der Waals surface area contributed by atoms with E-state index in [4.69, 9.17) is 10.8 Å². The SMILES string of the molecule is CSCCC(NC(=O)C(CS)NC(=O)C(N)CC(=O)O)C(=O)NC(C(=O)O)C(C)C. The number of carboxylic acids is 2. The lowest BCUT2D eigenvalue weighted by atomic mass is 10.0. The van der Waals surface area contributed by atoms with E-state index in [1.807, 2.05) is 6.26 Å². The molecule has 11 nitrogen and oxygen atoms in total. The molecule has 0 spiro atoms. The molecule has 0 aromatic heterocycles. The van der Waals surface area contributed by atoms with E-state index in [1.54, 1.807) is 13.8 Å². The minimum Gasteiger partial charge on any atom is -0.481 e. The average Bonchev–Trinajstić information content (AvgIpc) is 2.65. The van der Waals surface area contributed by atoms with Crippen LogP contribution in [0.15, 0.2) is 0 Å². The zero-order valence-corrected chi connectivity index (χ0v) is 18.8. The van der Waals surface area contributed by atoms with Crippen molar-refractivity contribution in [3.05, 3.63) is 0 Å². The highest BCUT2D eigenvalue weighted by molar-refractivity contribution is 7.98. The Labute approximate surface area is 184 Å². The van der Waals surface area contributed by atoms with E-state index in [9.17, 15) is 29.1 Å². The molecule has 0 heterocycles. The summed E-state index contributed by atoms with van der Waals surface area (Å²) in [4.78, 5) is 59.1. The van der Waals surface area contributed by atoms with Gasteiger partial charge in [0.1, 0.15) is 18.1 Å². The minimum absolute atomic E-state index is 0.127. The highest BCUT2D eigenvalue weighted by atomic mass is 32.2. The van der Waals surface area contributed by atoms with E-state index in [2.05, 4.69) is 28.6 Å². The van der Waals surface area contributed by atoms with Crippen molar-refractivity contribution in [2.24, 2.45) is 11.7 Å². The molecule has 13 heteroatoms. The van der Waals surface area contributed by atoms with Gasteiger partial charge in [0.2, 0.25) is 17.7 Å². The number of carbonyl (C=O) groups is 5. The second-order valence-corrected chi connectivity index (χ2v) is 8.21. The predicted molar refractivity (Wildman–Crippen MR) is 115 cm³/mol. The van der Waals surface area contributed by atoms with E-state index in [0.717, 1.165) is 0 Å². The fraction of sp³-hybridized carbons (Fsp3) is 0.706. The molecule has 0 saturated carbocycles. The Kier molecular flexibility index (Phi) is 13.2. The number of rotatable bonds is 14. The van der Waals surface area contributed by atoms with Crippen LogP contribution in [0.1, 0.15) is 26.7 Å². The first-order valence-corrected chi connectivity index (χ1v) is 11.2. The van der Waals surface area contributed by atoms with Crippen molar-refractivity contribution in [2.45, 2.75) is 50.9 Å². The van der Waals surface area contributed by atoms with Crippen LogP contribution in [0.2, 0.25) is 0 Å². The van der Waals surface area contributed by atoms with E-state index < -0.39 is 60.2 Å². The molecule has 3 amide bonds. The third kappa shape index (κ3) is 10.2. The van der Waals surface area contributed by atoms with Crippen molar-refractivity contribution in [3.8, 4) is 0 Å². The monoisotopic (exact) mass is 466 g/mol. The summed E-state index contributed by atoms with van der Waals surface area (Å²) >= 11 is 5.44. The molecule has 0 aliphatic carbocycles. The largest absolute Gasteiger partial charge is 0.481 e. The fourth-order valence-electron chi connectivity index (χ4n) is 2.30. The molecule has 0 aliphatic heterocycles. The number of amides is 3. The molecule has 0 aromatic rings. The maximum absolute atomic E-state index is 12.6. The molecule has 0 fully saturated rings. The smallest absolute Gasteiger partial charge is 0.326 e. The summed E-state index contributed by atoms with van der Waals surface area (Å²) in [5.74, 6) is -4.68. The number of nitrogens with two attached hydrogens (primary N) is 1. The van der Waals surface area contributed by atoms with Gasteiger partial charge in [-0.25, -0.2) is 4.79 Å². The van der Waals surface area contributed by atoms with Crippen LogP contribution in [0, 0.1) is 5.92 Å². The van der Waals surface area contributed by atoms with Crippen LogP contribution < -0.4 is 21.7 Å². The van der Waals surface area contributed by atoms with Crippen LogP contribution >= 0.6 is 24.4 Å². The van der Waals surface area contributed by atoms with Crippen LogP contribution in [0.4, 0.5) is 0 Å². The molecule has 0 rings (SSSR count). The van der Waals surface area contributed by atoms with E-state index in [1.165, 1.54) is 11.8 Å². The second-order valence-electron chi connectivity index (χ2n) is 6.86. The summed E-state index contributed by atoms with van der Waals surface area (Å²) in [7, 11) is 0. The predicted octanol–water partition coefficient (Wildman–Crippen LogP) is -1.33. The maximum Gasteiger partial charge on any atom is 0.326 e. The van der Waals surface area contributed by atoms with Gasteiger partial charge in [-0.2, -0.15) is 24.4 Å². The highest BCUT2D eigenvalue weighted by Crippen LogP contribution is 2.06. The molecule has 4 atom stereocenters. The number of aliphatic carboxylic acids is 2. The normalized spacial score (nSPS) is 14.9. The molecule has 0 aliphatic rings. The quantitative estimate of drug-likeness (QED) is 0.152. The number of thioether (sulfide) groups is 1. The van der Waals surface area contributed by atoms with Crippen molar-refractivity contribution in [1.82, 2.24) is 16.0 Å². The number of hydrogen-bond acceptors (Lipinski definition) is 8. The summed E-state index contributed by atoms with van der Waals surface area (Å²) in [5.41, 5.74) is 5.48. The molecule has 0 aromatic carbocycles. The first kappa shape index (κ1) is 28.0. The van der Waals surface area contributed by atoms with Gasteiger partial charge in [-0.05, 0) is 24.3 Å². The molecule has 0 radical (unpaired) electrons. The number of carboxylic acid groups (broad SMARTS) is 2. The Morgan fingerprint density at radius 2 is 1.50 bits per heavy atom. The minimum atomic E-state index is -1.35. The summed E-state index contributed by atoms with van der Waals surface area (Å²) in [6.07, 6.45) is 1.43. The average molecular weight is 467 g/mol. The van der Waals surface area contributed by atoms with Crippen LogP contribution in [0.25, 0.3) is 0 Å². The van der Waals surface area contributed by atoms with E-state index >= 15 is 0 Å². The van der Waals surface area contributed by atoms with Crippen molar-refractivity contribution >= 4 is 54.1 Å². The molecular formula is C17H30N4O7S2. The summed E-state index contributed by atoms with van der Waals surface area (Å²) in [6.45, 7) is 3.28. The zero-order chi connectivity index (χ0) is 23.4. The number of hydrogen-bond donors (Lipinski definition) is 7. The van der Waals surface area contributed by atoms with Gasteiger partial charge in [-0.15, -0.1) is 0 Å². The molecule has 7 N–H and O–H groups in total.